The maximum Gasteiger partial charge on any atom is 0.231 e. The fraction of sp³-hybridized carbons (Fsp3) is 0.250. The van der Waals surface area contributed by atoms with E-state index in [-0.39, 0.29) is 6.79 Å². The average molecular weight is 453 g/mol. The lowest BCUT2D eigenvalue weighted by Crippen LogP contribution is -2.44. The van der Waals surface area contributed by atoms with Crippen LogP contribution in [0.25, 0.3) is 16.7 Å². The second-order valence-electron chi connectivity index (χ2n) is 8.99. The highest BCUT2D eigenvalue weighted by Crippen LogP contribution is 2.37. The van der Waals surface area contributed by atoms with Crippen molar-refractivity contribution < 1.29 is 9.47 Å². The molecule has 0 amide bonds. The van der Waals surface area contributed by atoms with Gasteiger partial charge in [0.25, 0.3) is 0 Å². The Kier molecular flexibility index (Phi) is 5.43. The lowest BCUT2D eigenvalue weighted by molar-refractivity contribution is 0.174. The number of rotatable bonds is 4. The van der Waals surface area contributed by atoms with E-state index < -0.39 is 0 Å². The Hall–Kier alpha value is -3.77. The monoisotopic (exact) mass is 452 g/mol. The number of piperazine rings is 1. The number of ether oxygens (including phenoxy) is 2. The quantitative estimate of drug-likeness (QED) is 0.621. The molecule has 3 aliphatic heterocycles. The maximum absolute atomic E-state index is 5.56. The number of aliphatic imine (C=N–C) groups is 1. The second kappa shape index (κ2) is 8.88. The molecule has 1 saturated heterocycles. The van der Waals surface area contributed by atoms with Crippen LogP contribution in [0.5, 0.6) is 11.5 Å². The zero-order chi connectivity index (χ0) is 22.9. The van der Waals surface area contributed by atoms with Crippen LogP contribution in [0.1, 0.15) is 11.1 Å². The molecule has 0 bridgehead atoms. The molecule has 3 aromatic carbocycles. The highest BCUT2D eigenvalue weighted by Gasteiger charge is 2.17. The smallest absolute Gasteiger partial charge is 0.231 e. The zero-order valence-corrected chi connectivity index (χ0v) is 19.3. The number of fused-ring (bicyclic) bond motifs is 2. The predicted molar refractivity (Wildman–Crippen MR) is 138 cm³/mol. The Morgan fingerprint density at radius 1 is 0.853 bits per heavy atom. The predicted octanol–water partition coefficient (Wildman–Crippen LogP) is 4.72. The van der Waals surface area contributed by atoms with E-state index in [1.807, 2.05) is 18.3 Å². The normalized spacial score (nSPS) is 18.3. The minimum absolute atomic E-state index is 0.286. The molecule has 0 saturated carbocycles. The van der Waals surface area contributed by atoms with E-state index in [0.717, 1.165) is 60.1 Å². The van der Waals surface area contributed by atoms with Gasteiger partial charge in [-0.25, -0.2) is 0 Å². The van der Waals surface area contributed by atoms with Crippen molar-refractivity contribution in [1.29, 1.82) is 0 Å². The summed E-state index contributed by atoms with van der Waals surface area (Å²) in [4.78, 5) is 9.39. The first-order valence-electron chi connectivity index (χ1n) is 11.8. The first-order chi connectivity index (χ1) is 16.7. The molecular formula is C28H28N4O2. The number of nitrogens with zero attached hydrogens (tertiary/aromatic N) is 3. The molecule has 0 aliphatic carbocycles. The molecule has 0 radical (unpaired) electrons. The number of anilines is 2. The van der Waals surface area contributed by atoms with Crippen LogP contribution >= 0.6 is 0 Å². The van der Waals surface area contributed by atoms with Gasteiger partial charge in [0.2, 0.25) is 6.79 Å². The Bertz CT molecular complexity index is 1260. The van der Waals surface area contributed by atoms with E-state index in [0.29, 0.717) is 6.54 Å². The minimum Gasteiger partial charge on any atom is -0.454 e. The molecule has 0 atom stereocenters. The van der Waals surface area contributed by atoms with Crippen LogP contribution in [0, 0.1) is 0 Å². The summed E-state index contributed by atoms with van der Waals surface area (Å²) in [6.07, 6.45) is 4.05. The van der Waals surface area contributed by atoms with E-state index in [1.54, 1.807) is 0 Å². The molecule has 172 valence electrons. The zero-order valence-electron chi connectivity index (χ0n) is 19.3. The summed E-state index contributed by atoms with van der Waals surface area (Å²) in [5.41, 5.74) is 8.13. The van der Waals surface area contributed by atoms with Crippen molar-refractivity contribution in [3.63, 3.8) is 0 Å². The van der Waals surface area contributed by atoms with Gasteiger partial charge in [-0.1, -0.05) is 18.2 Å². The van der Waals surface area contributed by atoms with Crippen molar-refractivity contribution in [2.75, 3.05) is 56.8 Å². The highest BCUT2D eigenvalue weighted by molar-refractivity contribution is 5.94. The first kappa shape index (κ1) is 20.8. The molecule has 6 nitrogen and oxygen atoms in total. The van der Waals surface area contributed by atoms with E-state index in [4.69, 9.17) is 9.47 Å². The summed E-state index contributed by atoms with van der Waals surface area (Å²) < 4.78 is 11.0. The SMILES string of the molecule is CN1CCN(c2ccc(NC=C3CN=Cc4ccc(-c5ccc6c(c5)OCO6)cc43)cc2)CC1. The summed E-state index contributed by atoms with van der Waals surface area (Å²) in [6, 6.07) is 21.3. The van der Waals surface area contributed by atoms with Crippen LogP contribution in [-0.4, -0.2) is 57.7 Å². The van der Waals surface area contributed by atoms with E-state index >= 15 is 0 Å². The molecule has 3 aromatic rings. The highest BCUT2D eigenvalue weighted by atomic mass is 16.7. The van der Waals surface area contributed by atoms with Crippen LogP contribution < -0.4 is 19.7 Å². The molecule has 6 rings (SSSR count). The summed E-state index contributed by atoms with van der Waals surface area (Å²) in [5.74, 6) is 1.60. The maximum atomic E-state index is 5.56. The summed E-state index contributed by atoms with van der Waals surface area (Å²) in [7, 11) is 2.18. The summed E-state index contributed by atoms with van der Waals surface area (Å²) >= 11 is 0. The molecule has 1 N–H and O–H groups in total. The molecule has 0 aromatic heterocycles. The van der Waals surface area contributed by atoms with Gasteiger partial charge < -0.3 is 24.6 Å². The van der Waals surface area contributed by atoms with Gasteiger partial charge in [0.1, 0.15) is 0 Å². The summed E-state index contributed by atoms with van der Waals surface area (Å²) in [6.45, 7) is 5.32. The molecule has 1 fully saturated rings. The van der Waals surface area contributed by atoms with E-state index in [2.05, 4.69) is 81.9 Å². The number of hydrogen-bond acceptors (Lipinski definition) is 6. The standard InChI is InChI=1S/C28H28N4O2/c1-31-10-12-32(13-11-31)25-7-5-24(6-8-25)30-18-23-17-29-16-22-3-2-20(14-26(22)23)21-4-9-27-28(15-21)34-19-33-27/h2-9,14-16,18,30H,10-13,17,19H2,1H3. The van der Waals surface area contributed by atoms with Crippen molar-refractivity contribution >= 4 is 23.2 Å². The van der Waals surface area contributed by atoms with Crippen LogP contribution in [0.15, 0.2) is 71.9 Å². The molecule has 0 spiro atoms. The van der Waals surface area contributed by atoms with Crippen LogP contribution in [0.3, 0.4) is 0 Å². The number of likely N-dealkylation sites (N-methyl/N-ethyl adjacent to an activating group) is 1. The van der Waals surface area contributed by atoms with Gasteiger partial charge >= 0.3 is 0 Å². The number of benzene rings is 3. The molecule has 0 unspecified atom stereocenters. The molecule has 3 aliphatic rings. The molecule has 6 heteroatoms. The second-order valence-corrected chi connectivity index (χ2v) is 8.99. The number of nitrogens with one attached hydrogen (secondary N) is 1. The Morgan fingerprint density at radius 2 is 1.62 bits per heavy atom. The van der Waals surface area contributed by atoms with Crippen molar-refractivity contribution in [3.8, 4) is 22.6 Å². The van der Waals surface area contributed by atoms with Gasteiger partial charge in [-0.05, 0) is 77.3 Å². The molecule has 34 heavy (non-hydrogen) atoms. The lowest BCUT2D eigenvalue weighted by Gasteiger charge is -2.34. The van der Waals surface area contributed by atoms with Crippen LogP contribution in [-0.2, 0) is 0 Å². The average Bonchev–Trinajstić information content (AvgIpc) is 3.36. The Morgan fingerprint density at radius 3 is 2.47 bits per heavy atom. The van der Waals surface area contributed by atoms with Gasteiger partial charge in [-0.15, -0.1) is 0 Å². The third-order valence-electron chi connectivity index (χ3n) is 6.75. The van der Waals surface area contributed by atoms with Crippen molar-refractivity contribution in [2.45, 2.75) is 0 Å². The minimum atomic E-state index is 0.286. The van der Waals surface area contributed by atoms with Gasteiger partial charge in [0.05, 0.1) is 6.54 Å². The van der Waals surface area contributed by atoms with Crippen molar-refractivity contribution in [3.05, 3.63) is 78.0 Å². The fourth-order valence-electron chi connectivity index (χ4n) is 4.66. The first-order valence-corrected chi connectivity index (χ1v) is 11.8. The number of hydrogen-bond donors (Lipinski definition) is 1. The largest absolute Gasteiger partial charge is 0.454 e. The summed E-state index contributed by atoms with van der Waals surface area (Å²) in [5, 5.41) is 3.49. The Balaban J connectivity index is 1.21. The van der Waals surface area contributed by atoms with Gasteiger partial charge in [-0.2, -0.15) is 0 Å². The van der Waals surface area contributed by atoms with Gasteiger partial charge in [-0.3, -0.25) is 4.99 Å². The third-order valence-corrected chi connectivity index (χ3v) is 6.75. The van der Waals surface area contributed by atoms with Crippen LogP contribution in [0.4, 0.5) is 11.4 Å². The lowest BCUT2D eigenvalue weighted by atomic mass is 9.93. The van der Waals surface area contributed by atoms with E-state index in [9.17, 15) is 0 Å². The van der Waals surface area contributed by atoms with Crippen LogP contribution in [0.2, 0.25) is 0 Å². The van der Waals surface area contributed by atoms with Gasteiger partial charge in [0.15, 0.2) is 11.5 Å². The van der Waals surface area contributed by atoms with Crippen molar-refractivity contribution in [1.82, 2.24) is 4.90 Å². The Labute approximate surface area is 200 Å². The molecule has 3 heterocycles. The fourth-order valence-corrected chi connectivity index (χ4v) is 4.66. The topological polar surface area (TPSA) is 49.3 Å². The van der Waals surface area contributed by atoms with Crippen molar-refractivity contribution in [2.24, 2.45) is 4.99 Å². The van der Waals surface area contributed by atoms with E-state index in [1.165, 1.54) is 16.8 Å². The van der Waals surface area contributed by atoms with Gasteiger partial charge in [0, 0.05) is 50.0 Å². The third kappa shape index (κ3) is 4.13. The molecular weight excluding hydrogens is 424 g/mol.